The van der Waals surface area contributed by atoms with Gasteiger partial charge in [0.2, 0.25) is 0 Å². The van der Waals surface area contributed by atoms with Crippen molar-refractivity contribution >= 4 is 23.6 Å². The van der Waals surface area contributed by atoms with E-state index in [4.69, 9.17) is 4.42 Å². The lowest BCUT2D eigenvalue weighted by Crippen LogP contribution is -1.84. The molecule has 0 atom stereocenters. The Morgan fingerprint density at radius 1 is 1.31 bits per heavy atom. The van der Waals surface area contributed by atoms with Gasteiger partial charge in [-0.1, -0.05) is 18.2 Å². The Kier molecular flexibility index (Phi) is 2.32. The molecule has 0 aliphatic rings. The van der Waals surface area contributed by atoms with E-state index in [2.05, 4.69) is 25.6 Å². The molecule has 0 radical (unpaired) electrons. The molecule has 0 saturated carbocycles. The van der Waals surface area contributed by atoms with Crippen molar-refractivity contribution in [3.8, 4) is 0 Å². The highest BCUT2D eigenvalue weighted by atomic mass is 32.1. The zero-order valence-electron chi connectivity index (χ0n) is 7.58. The fourth-order valence-corrected chi connectivity index (χ4v) is 1.77. The summed E-state index contributed by atoms with van der Waals surface area (Å²) in [6, 6.07) is 8.13. The fraction of sp³-hybridized carbons (Fsp3) is 0.273. The number of furan rings is 1. The first-order valence-corrected chi connectivity index (χ1v) is 5.04. The minimum absolute atomic E-state index is 0.834. The van der Waals surface area contributed by atoms with E-state index in [9.17, 15) is 0 Å². The van der Waals surface area contributed by atoms with Crippen LogP contribution in [0, 0.1) is 6.92 Å². The Hall–Kier alpha value is -0.890. The summed E-state index contributed by atoms with van der Waals surface area (Å²) in [7, 11) is 0. The highest BCUT2D eigenvalue weighted by molar-refractivity contribution is 7.80. The van der Waals surface area contributed by atoms with Crippen molar-refractivity contribution < 1.29 is 4.42 Å². The van der Waals surface area contributed by atoms with Crippen LogP contribution in [0.4, 0.5) is 0 Å². The van der Waals surface area contributed by atoms with Crippen LogP contribution in [0.15, 0.2) is 28.7 Å². The van der Waals surface area contributed by atoms with Crippen molar-refractivity contribution in [1.82, 2.24) is 0 Å². The van der Waals surface area contributed by atoms with Gasteiger partial charge in [0.15, 0.2) is 0 Å². The number of fused-ring (bicyclic) bond motifs is 1. The molecule has 2 rings (SSSR count). The molecule has 2 aromatic rings. The number of benzene rings is 1. The quantitative estimate of drug-likeness (QED) is 0.721. The SMILES string of the molecule is Cc1c(CCS)oc2ccccc12. The monoisotopic (exact) mass is 192 g/mol. The van der Waals surface area contributed by atoms with Crippen LogP contribution in [0.25, 0.3) is 11.0 Å². The Labute approximate surface area is 83.2 Å². The van der Waals surface area contributed by atoms with Gasteiger partial charge in [-0.25, -0.2) is 0 Å². The van der Waals surface area contributed by atoms with E-state index in [1.54, 1.807) is 0 Å². The predicted octanol–water partition coefficient (Wildman–Crippen LogP) is 3.21. The molecule has 68 valence electrons. The van der Waals surface area contributed by atoms with Crippen LogP contribution in [0.2, 0.25) is 0 Å². The van der Waals surface area contributed by atoms with Crippen molar-refractivity contribution in [2.75, 3.05) is 5.75 Å². The zero-order valence-corrected chi connectivity index (χ0v) is 8.47. The number of thiol groups is 1. The van der Waals surface area contributed by atoms with E-state index in [0.717, 1.165) is 23.5 Å². The summed E-state index contributed by atoms with van der Waals surface area (Å²) >= 11 is 4.20. The number of rotatable bonds is 2. The number of hydrogen-bond acceptors (Lipinski definition) is 2. The third kappa shape index (κ3) is 1.46. The van der Waals surface area contributed by atoms with Gasteiger partial charge in [-0.15, -0.1) is 0 Å². The zero-order chi connectivity index (χ0) is 9.26. The summed E-state index contributed by atoms with van der Waals surface area (Å²) < 4.78 is 5.69. The minimum Gasteiger partial charge on any atom is -0.461 e. The van der Waals surface area contributed by atoms with E-state index in [1.807, 2.05) is 18.2 Å². The normalized spacial score (nSPS) is 10.9. The molecular weight excluding hydrogens is 180 g/mol. The molecule has 0 amide bonds. The summed E-state index contributed by atoms with van der Waals surface area (Å²) in [5.41, 5.74) is 2.24. The Bertz CT molecular complexity index is 417. The molecule has 2 heteroatoms. The van der Waals surface area contributed by atoms with Crippen LogP contribution in [0.1, 0.15) is 11.3 Å². The Balaban J connectivity index is 2.60. The number of hydrogen-bond donors (Lipinski definition) is 1. The predicted molar refractivity (Wildman–Crippen MR) is 58.5 cm³/mol. The lowest BCUT2D eigenvalue weighted by molar-refractivity contribution is 0.555. The second-order valence-corrected chi connectivity index (χ2v) is 3.57. The van der Waals surface area contributed by atoms with Crippen molar-refractivity contribution in [3.05, 3.63) is 35.6 Å². The maximum absolute atomic E-state index is 5.69. The molecule has 0 aliphatic carbocycles. The summed E-state index contributed by atoms with van der Waals surface area (Å²) in [6.07, 6.45) is 0.906. The van der Waals surface area contributed by atoms with Crippen LogP contribution in [0.5, 0.6) is 0 Å². The van der Waals surface area contributed by atoms with E-state index in [0.29, 0.717) is 0 Å². The van der Waals surface area contributed by atoms with Crippen molar-refractivity contribution in [3.63, 3.8) is 0 Å². The molecule has 0 saturated heterocycles. The fourth-order valence-electron chi connectivity index (χ4n) is 1.56. The highest BCUT2D eigenvalue weighted by Crippen LogP contribution is 2.25. The molecule has 0 spiro atoms. The first kappa shape index (κ1) is 8.70. The smallest absolute Gasteiger partial charge is 0.134 e. The molecule has 0 bridgehead atoms. The summed E-state index contributed by atoms with van der Waals surface area (Å²) in [5.74, 6) is 1.90. The van der Waals surface area contributed by atoms with Crippen LogP contribution in [-0.2, 0) is 6.42 Å². The Morgan fingerprint density at radius 2 is 2.08 bits per heavy atom. The van der Waals surface area contributed by atoms with E-state index in [-0.39, 0.29) is 0 Å². The van der Waals surface area contributed by atoms with Crippen molar-refractivity contribution in [2.45, 2.75) is 13.3 Å². The molecule has 1 heterocycles. The van der Waals surface area contributed by atoms with E-state index < -0.39 is 0 Å². The van der Waals surface area contributed by atoms with Gasteiger partial charge in [-0.3, -0.25) is 0 Å². The van der Waals surface area contributed by atoms with Crippen LogP contribution < -0.4 is 0 Å². The first-order chi connectivity index (χ1) is 6.33. The second-order valence-electron chi connectivity index (χ2n) is 3.12. The molecule has 13 heavy (non-hydrogen) atoms. The third-order valence-electron chi connectivity index (χ3n) is 2.28. The molecule has 0 unspecified atom stereocenters. The van der Waals surface area contributed by atoms with Crippen LogP contribution in [0.3, 0.4) is 0 Å². The molecule has 1 aromatic carbocycles. The molecule has 0 N–H and O–H groups in total. The number of aryl methyl sites for hydroxylation is 2. The third-order valence-corrected chi connectivity index (χ3v) is 2.50. The largest absolute Gasteiger partial charge is 0.461 e. The van der Waals surface area contributed by atoms with Crippen LogP contribution in [-0.4, -0.2) is 5.75 Å². The maximum Gasteiger partial charge on any atom is 0.134 e. The Morgan fingerprint density at radius 3 is 2.77 bits per heavy atom. The van der Waals surface area contributed by atoms with Gasteiger partial charge >= 0.3 is 0 Å². The van der Waals surface area contributed by atoms with Gasteiger partial charge < -0.3 is 4.42 Å². The molecule has 1 aromatic heterocycles. The number of para-hydroxylation sites is 1. The average Bonchev–Trinajstić information content (AvgIpc) is 2.46. The lowest BCUT2D eigenvalue weighted by Gasteiger charge is -1.91. The van der Waals surface area contributed by atoms with Gasteiger partial charge in [0, 0.05) is 11.8 Å². The van der Waals surface area contributed by atoms with Gasteiger partial charge in [0.1, 0.15) is 11.3 Å². The average molecular weight is 192 g/mol. The van der Waals surface area contributed by atoms with Gasteiger partial charge in [0.25, 0.3) is 0 Å². The summed E-state index contributed by atoms with van der Waals surface area (Å²) in [4.78, 5) is 0. The molecule has 0 aliphatic heterocycles. The van der Waals surface area contributed by atoms with E-state index in [1.165, 1.54) is 10.9 Å². The molecular formula is C11H12OS. The van der Waals surface area contributed by atoms with Gasteiger partial charge in [-0.05, 0) is 24.3 Å². The molecule has 0 fully saturated rings. The van der Waals surface area contributed by atoms with Crippen molar-refractivity contribution in [2.24, 2.45) is 0 Å². The van der Waals surface area contributed by atoms with Gasteiger partial charge in [0.05, 0.1) is 0 Å². The van der Waals surface area contributed by atoms with E-state index >= 15 is 0 Å². The van der Waals surface area contributed by atoms with Gasteiger partial charge in [-0.2, -0.15) is 12.6 Å². The second kappa shape index (κ2) is 3.46. The lowest BCUT2D eigenvalue weighted by atomic mass is 10.1. The summed E-state index contributed by atoms with van der Waals surface area (Å²) in [5, 5.41) is 1.22. The highest BCUT2D eigenvalue weighted by Gasteiger charge is 2.07. The van der Waals surface area contributed by atoms with Crippen LogP contribution >= 0.6 is 12.6 Å². The maximum atomic E-state index is 5.69. The minimum atomic E-state index is 0.834. The molecule has 1 nitrogen and oxygen atoms in total. The first-order valence-electron chi connectivity index (χ1n) is 4.41. The topological polar surface area (TPSA) is 13.1 Å². The summed E-state index contributed by atoms with van der Waals surface area (Å²) in [6.45, 7) is 2.10. The standard InChI is InChI=1S/C11H12OS/c1-8-9-4-2-3-5-11(9)12-10(8)6-7-13/h2-5,13H,6-7H2,1H3. The van der Waals surface area contributed by atoms with Crippen molar-refractivity contribution in [1.29, 1.82) is 0 Å².